The maximum absolute atomic E-state index is 14.6. The van der Waals surface area contributed by atoms with Crippen LogP contribution in [0.15, 0.2) is 71.5 Å². The van der Waals surface area contributed by atoms with Crippen molar-refractivity contribution >= 4 is 39.9 Å². The number of fused-ring (bicyclic) bond motifs is 3. The minimum atomic E-state index is -1.83. The molecule has 1 amide bonds. The van der Waals surface area contributed by atoms with Gasteiger partial charge in [0.05, 0.1) is 18.3 Å². The Morgan fingerprint density at radius 2 is 2.06 bits per heavy atom. The first-order valence-electron chi connectivity index (χ1n) is 10.8. The Morgan fingerprint density at radius 1 is 1.24 bits per heavy atom. The van der Waals surface area contributed by atoms with Gasteiger partial charge in [0.2, 0.25) is 0 Å². The van der Waals surface area contributed by atoms with Crippen molar-refractivity contribution in [3.05, 3.63) is 89.0 Å². The van der Waals surface area contributed by atoms with Crippen molar-refractivity contribution in [1.29, 1.82) is 5.26 Å². The number of carbonyl (C=O) groups excluding carboxylic acids is 2. The molecule has 168 valence electrons. The van der Waals surface area contributed by atoms with E-state index in [0.29, 0.717) is 33.0 Å². The van der Waals surface area contributed by atoms with E-state index in [1.165, 1.54) is 6.26 Å². The van der Waals surface area contributed by atoms with Crippen molar-refractivity contribution < 1.29 is 14.0 Å². The monoisotopic (exact) mass is 470 g/mol. The molecule has 0 aliphatic carbocycles. The zero-order chi connectivity index (χ0) is 23.7. The highest BCUT2D eigenvalue weighted by Crippen LogP contribution is 2.63. The fraction of sp³-hybridized carbons (Fsp3) is 0.192. The molecular weight excluding hydrogens is 452 g/mol. The standard InChI is InChI=1S/C26H19ClN4O3/c1-31-13-19(22-7-4-10-34-22)25(14-28,23(32)17-12-29-20-6-3-2-5-16(17)20)26(31)18-11-15(27)8-9-21(18)30-24(26)33/h2-12,19,29H,13H2,1H3,(H,30,33)/t19-,25+,26?/m0/s1. The van der Waals surface area contributed by atoms with Crippen molar-refractivity contribution in [2.24, 2.45) is 5.41 Å². The van der Waals surface area contributed by atoms with Crippen molar-refractivity contribution in [3.63, 3.8) is 0 Å². The number of anilines is 1. The quantitative estimate of drug-likeness (QED) is 0.423. The van der Waals surface area contributed by atoms with Gasteiger partial charge in [-0.3, -0.25) is 14.5 Å². The van der Waals surface area contributed by atoms with Crippen LogP contribution in [0, 0.1) is 16.7 Å². The summed E-state index contributed by atoms with van der Waals surface area (Å²) in [5.41, 5.74) is -1.26. The lowest BCUT2D eigenvalue weighted by atomic mass is 9.59. The minimum Gasteiger partial charge on any atom is -0.469 e. The van der Waals surface area contributed by atoms with Crippen LogP contribution in [0.2, 0.25) is 5.02 Å². The Kier molecular flexibility index (Phi) is 4.31. The lowest BCUT2D eigenvalue weighted by Gasteiger charge is -2.40. The molecule has 0 bridgehead atoms. The van der Waals surface area contributed by atoms with Crippen LogP contribution in [0.25, 0.3) is 10.9 Å². The van der Waals surface area contributed by atoms with E-state index < -0.39 is 28.6 Å². The third kappa shape index (κ3) is 2.34. The fourth-order valence-corrected chi connectivity index (χ4v) is 6.10. The second-order valence-corrected chi connectivity index (χ2v) is 9.24. The van der Waals surface area contributed by atoms with Crippen molar-refractivity contribution in [2.75, 3.05) is 18.9 Å². The number of aromatic nitrogens is 1. The first-order valence-corrected chi connectivity index (χ1v) is 11.2. The van der Waals surface area contributed by atoms with Gasteiger partial charge in [-0.1, -0.05) is 29.8 Å². The van der Waals surface area contributed by atoms with Gasteiger partial charge in [-0.25, -0.2) is 0 Å². The zero-order valence-electron chi connectivity index (χ0n) is 18.1. The van der Waals surface area contributed by atoms with Crippen LogP contribution in [0.5, 0.6) is 0 Å². The number of likely N-dealkylation sites (tertiary alicyclic amines) is 1. The average Bonchev–Trinajstić information content (AvgIpc) is 3.60. The van der Waals surface area contributed by atoms with Gasteiger partial charge in [0.25, 0.3) is 5.91 Å². The number of hydrogen-bond acceptors (Lipinski definition) is 5. The topological polar surface area (TPSA) is 102 Å². The molecular formula is C26H19ClN4O3. The largest absolute Gasteiger partial charge is 0.469 e. The molecule has 7 nitrogen and oxygen atoms in total. The number of hydrogen-bond donors (Lipinski definition) is 2. The fourth-order valence-electron chi connectivity index (χ4n) is 5.93. The van der Waals surface area contributed by atoms with E-state index in [1.807, 2.05) is 24.3 Å². The van der Waals surface area contributed by atoms with Crippen LogP contribution in [0.3, 0.4) is 0 Å². The molecule has 0 radical (unpaired) electrons. The molecule has 0 saturated carbocycles. The van der Waals surface area contributed by atoms with Gasteiger partial charge in [-0.15, -0.1) is 0 Å². The molecule has 4 heterocycles. The van der Waals surface area contributed by atoms with E-state index in [0.717, 1.165) is 5.52 Å². The maximum Gasteiger partial charge on any atom is 0.251 e. The molecule has 1 unspecified atom stereocenters. The summed E-state index contributed by atoms with van der Waals surface area (Å²) in [4.78, 5) is 33.4. The van der Waals surface area contributed by atoms with Gasteiger partial charge in [-0.2, -0.15) is 5.26 Å². The summed E-state index contributed by atoms with van der Waals surface area (Å²) in [6.07, 6.45) is 3.13. The van der Waals surface area contributed by atoms with Gasteiger partial charge in [0, 0.05) is 45.5 Å². The lowest BCUT2D eigenvalue weighted by Crippen LogP contribution is -2.58. The van der Waals surface area contributed by atoms with Gasteiger partial charge in [0.15, 0.2) is 16.7 Å². The van der Waals surface area contributed by atoms with Crippen LogP contribution in [-0.2, 0) is 10.3 Å². The summed E-state index contributed by atoms with van der Waals surface area (Å²) in [7, 11) is 1.76. The molecule has 1 fully saturated rings. The number of Topliss-reactive ketones (excluding diaryl/α,β-unsaturated/α-hetero) is 1. The number of likely N-dealkylation sites (N-methyl/N-ethyl adjacent to an activating group) is 1. The first-order chi connectivity index (χ1) is 16.4. The Hall–Kier alpha value is -3.86. The van der Waals surface area contributed by atoms with Crippen molar-refractivity contribution in [1.82, 2.24) is 9.88 Å². The van der Waals surface area contributed by atoms with Gasteiger partial charge in [0.1, 0.15) is 5.76 Å². The molecule has 3 atom stereocenters. The number of para-hydroxylation sites is 1. The molecule has 4 aromatic rings. The molecule has 6 rings (SSSR count). The SMILES string of the molecule is CN1C[C@@H](c2ccco2)[C@](C#N)(C(=O)c2c[nH]c3ccccc23)C12C(=O)Nc1ccc(Cl)cc12. The number of nitrogens with one attached hydrogen (secondary N) is 2. The van der Waals surface area contributed by atoms with Crippen LogP contribution in [0.1, 0.15) is 27.6 Å². The zero-order valence-corrected chi connectivity index (χ0v) is 18.9. The summed E-state index contributed by atoms with van der Waals surface area (Å²) < 4.78 is 5.73. The maximum atomic E-state index is 14.6. The Labute approximate surface area is 199 Å². The summed E-state index contributed by atoms with van der Waals surface area (Å²) in [6.45, 7) is 0.258. The number of nitriles is 1. The molecule has 2 aromatic carbocycles. The minimum absolute atomic E-state index is 0.258. The van der Waals surface area contributed by atoms with Gasteiger partial charge < -0.3 is 14.7 Å². The summed E-state index contributed by atoms with van der Waals surface area (Å²) in [6, 6.07) is 18.3. The van der Waals surface area contributed by atoms with E-state index in [2.05, 4.69) is 16.4 Å². The van der Waals surface area contributed by atoms with E-state index in [-0.39, 0.29) is 6.54 Å². The first kappa shape index (κ1) is 20.7. The molecule has 2 aliphatic rings. The Bertz CT molecular complexity index is 1520. The number of halogens is 1. The number of rotatable bonds is 3. The lowest BCUT2D eigenvalue weighted by molar-refractivity contribution is -0.128. The summed E-state index contributed by atoms with van der Waals surface area (Å²) in [5.74, 6) is -1.10. The van der Waals surface area contributed by atoms with E-state index in [9.17, 15) is 14.9 Å². The Balaban J connectivity index is 1.70. The normalized spacial score (nSPS) is 26.0. The number of ketones is 1. The van der Waals surface area contributed by atoms with Crippen LogP contribution in [0.4, 0.5) is 5.69 Å². The number of furan rings is 1. The third-order valence-electron chi connectivity index (χ3n) is 7.33. The molecule has 1 spiro atoms. The second-order valence-electron chi connectivity index (χ2n) is 8.80. The summed E-state index contributed by atoms with van der Waals surface area (Å²) >= 11 is 6.36. The van der Waals surface area contributed by atoms with E-state index in [1.54, 1.807) is 48.5 Å². The number of benzene rings is 2. The molecule has 2 N–H and O–H groups in total. The predicted octanol–water partition coefficient (Wildman–Crippen LogP) is 4.68. The summed E-state index contributed by atoms with van der Waals surface area (Å²) in [5, 5.41) is 14.9. The van der Waals surface area contributed by atoms with Crippen molar-refractivity contribution in [2.45, 2.75) is 11.5 Å². The molecule has 1 saturated heterocycles. The van der Waals surface area contributed by atoms with Crippen LogP contribution < -0.4 is 5.32 Å². The smallest absolute Gasteiger partial charge is 0.251 e. The highest BCUT2D eigenvalue weighted by atomic mass is 35.5. The molecule has 2 aliphatic heterocycles. The number of nitrogens with zero attached hydrogens (tertiary/aromatic N) is 2. The number of aromatic amines is 1. The molecule has 8 heteroatoms. The predicted molar refractivity (Wildman–Crippen MR) is 127 cm³/mol. The van der Waals surface area contributed by atoms with Crippen LogP contribution in [-0.4, -0.2) is 35.2 Å². The Morgan fingerprint density at radius 3 is 2.82 bits per heavy atom. The average molecular weight is 471 g/mol. The van der Waals surface area contributed by atoms with Crippen molar-refractivity contribution in [3.8, 4) is 6.07 Å². The van der Waals surface area contributed by atoms with Crippen LogP contribution >= 0.6 is 11.6 Å². The second kappa shape index (κ2) is 7.07. The molecule has 34 heavy (non-hydrogen) atoms. The van der Waals surface area contributed by atoms with Gasteiger partial charge in [-0.05, 0) is 43.4 Å². The van der Waals surface area contributed by atoms with E-state index >= 15 is 0 Å². The van der Waals surface area contributed by atoms with E-state index in [4.69, 9.17) is 16.0 Å². The number of H-pyrrole nitrogens is 1. The number of carbonyl (C=O) groups is 2. The molecule has 2 aromatic heterocycles. The third-order valence-corrected chi connectivity index (χ3v) is 7.56. The highest BCUT2D eigenvalue weighted by molar-refractivity contribution is 6.31. The van der Waals surface area contributed by atoms with Gasteiger partial charge >= 0.3 is 0 Å². The number of amides is 1. The highest BCUT2D eigenvalue weighted by Gasteiger charge is 2.75.